The highest BCUT2D eigenvalue weighted by atomic mass is 16.7. The summed E-state index contributed by atoms with van der Waals surface area (Å²) >= 11 is 0. The lowest BCUT2D eigenvalue weighted by molar-refractivity contribution is -0.0583. The van der Waals surface area contributed by atoms with Gasteiger partial charge in [-0.05, 0) is 12.1 Å². The summed E-state index contributed by atoms with van der Waals surface area (Å²) in [7, 11) is 1.72. The van der Waals surface area contributed by atoms with E-state index < -0.39 is 17.8 Å². The van der Waals surface area contributed by atoms with Crippen LogP contribution in [0.15, 0.2) is 43.0 Å². The van der Waals surface area contributed by atoms with Gasteiger partial charge < -0.3 is 9.40 Å². The molecule has 8 nitrogen and oxygen atoms in total. The Labute approximate surface area is 135 Å². The number of pyridine rings is 1. The Hall–Kier alpha value is -3.55. The molecule has 1 aliphatic heterocycles. The topological polar surface area (TPSA) is 94.4 Å². The minimum absolute atomic E-state index is 0.115. The number of hydrogen-bond donors (Lipinski definition) is 0. The average molecular weight is 322 g/mol. The van der Waals surface area contributed by atoms with E-state index in [4.69, 9.17) is 4.84 Å². The summed E-state index contributed by atoms with van der Waals surface area (Å²) < 4.78 is 1.63. The molecule has 0 radical (unpaired) electrons. The van der Waals surface area contributed by atoms with Gasteiger partial charge in [0.2, 0.25) is 0 Å². The Morgan fingerprint density at radius 1 is 1.08 bits per heavy atom. The van der Waals surface area contributed by atoms with Gasteiger partial charge in [0.25, 0.3) is 11.8 Å². The van der Waals surface area contributed by atoms with Crippen LogP contribution in [0.4, 0.5) is 0 Å². The fraction of sp³-hybridized carbons (Fsp3) is 0.0625. The third-order valence-corrected chi connectivity index (χ3v) is 3.77. The SMILES string of the molecule is Cn1cnc2cncc(C(=O)ON3C(=O)c4ccccc4C3=O)c21. The zero-order valence-electron chi connectivity index (χ0n) is 12.5. The lowest BCUT2D eigenvalue weighted by Gasteiger charge is -2.13. The number of rotatable bonds is 2. The Morgan fingerprint density at radius 3 is 2.42 bits per heavy atom. The number of carbonyl (C=O) groups is 3. The monoisotopic (exact) mass is 322 g/mol. The zero-order valence-corrected chi connectivity index (χ0v) is 12.5. The molecular weight excluding hydrogens is 312 g/mol. The van der Waals surface area contributed by atoms with E-state index in [1.54, 1.807) is 23.7 Å². The molecule has 1 aromatic carbocycles. The second-order valence-electron chi connectivity index (χ2n) is 5.24. The maximum absolute atomic E-state index is 12.5. The fourth-order valence-corrected chi connectivity index (χ4v) is 2.65. The van der Waals surface area contributed by atoms with Crippen LogP contribution in [0.1, 0.15) is 31.1 Å². The molecule has 118 valence electrons. The molecule has 0 aliphatic carbocycles. The van der Waals surface area contributed by atoms with Crippen LogP contribution in [0.5, 0.6) is 0 Å². The van der Waals surface area contributed by atoms with Crippen molar-refractivity contribution in [3.8, 4) is 0 Å². The van der Waals surface area contributed by atoms with Gasteiger partial charge in [-0.2, -0.15) is 0 Å². The molecular formula is C16H10N4O4. The predicted octanol–water partition coefficient (Wildman–Crippen LogP) is 1.34. The second kappa shape index (κ2) is 4.98. The maximum atomic E-state index is 12.5. The highest BCUT2D eigenvalue weighted by Crippen LogP contribution is 2.24. The van der Waals surface area contributed by atoms with E-state index in [0.29, 0.717) is 16.1 Å². The van der Waals surface area contributed by atoms with Crippen molar-refractivity contribution in [3.63, 3.8) is 0 Å². The molecule has 2 amide bonds. The van der Waals surface area contributed by atoms with Crippen molar-refractivity contribution < 1.29 is 19.2 Å². The molecule has 0 bridgehead atoms. The standard InChI is InChI=1S/C16H10N4O4/c1-19-8-18-12-7-17-6-11(13(12)19)16(23)24-20-14(21)9-4-2-3-5-10(9)15(20)22/h2-8H,1H3. The molecule has 0 fully saturated rings. The maximum Gasteiger partial charge on any atom is 0.367 e. The fourth-order valence-electron chi connectivity index (χ4n) is 2.65. The van der Waals surface area contributed by atoms with Crippen LogP contribution >= 0.6 is 0 Å². The number of amides is 2. The molecule has 3 heterocycles. The molecule has 2 aromatic heterocycles. The molecule has 24 heavy (non-hydrogen) atoms. The molecule has 3 aromatic rings. The molecule has 0 saturated carbocycles. The first kappa shape index (κ1) is 14.1. The van der Waals surface area contributed by atoms with Crippen LogP contribution in [0.2, 0.25) is 0 Å². The highest BCUT2D eigenvalue weighted by molar-refractivity contribution is 6.21. The van der Waals surface area contributed by atoms with Crippen molar-refractivity contribution in [2.24, 2.45) is 7.05 Å². The Balaban J connectivity index is 1.69. The van der Waals surface area contributed by atoms with Gasteiger partial charge >= 0.3 is 5.97 Å². The number of carbonyl (C=O) groups excluding carboxylic acids is 3. The summed E-state index contributed by atoms with van der Waals surface area (Å²) in [5.74, 6) is -2.20. The van der Waals surface area contributed by atoms with E-state index in [-0.39, 0.29) is 16.7 Å². The van der Waals surface area contributed by atoms with Crippen molar-refractivity contribution in [3.05, 3.63) is 59.7 Å². The number of nitrogens with zero attached hydrogens (tertiary/aromatic N) is 4. The summed E-state index contributed by atoms with van der Waals surface area (Å²) in [5.41, 5.74) is 1.53. The molecule has 4 rings (SSSR count). The lowest BCUT2D eigenvalue weighted by Crippen LogP contribution is -2.32. The number of fused-ring (bicyclic) bond motifs is 2. The largest absolute Gasteiger partial charge is 0.367 e. The molecule has 0 N–H and O–H groups in total. The second-order valence-corrected chi connectivity index (χ2v) is 5.24. The molecule has 0 spiro atoms. The molecule has 0 saturated heterocycles. The molecule has 0 atom stereocenters. The Morgan fingerprint density at radius 2 is 1.75 bits per heavy atom. The van der Waals surface area contributed by atoms with Gasteiger partial charge in [0.1, 0.15) is 11.1 Å². The van der Waals surface area contributed by atoms with Gasteiger partial charge in [-0.3, -0.25) is 14.6 Å². The number of aromatic nitrogens is 3. The number of hydroxylamine groups is 2. The summed E-state index contributed by atoms with van der Waals surface area (Å²) in [4.78, 5) is 50.0. The number of imide groups is 1. The quantitative estimate of drug-likeness (QED) is 0.661. The van der Waals surface area contributed by atoms with Gasteiger partial charge in [0.15, 0.2) is 0 Å². The zero-order chi connectivity index (χ0) is 16.8. The predicted molar refractivity (Wildman–Crippen MR) is 80.9 cm³/mol. The average Bonchev–Trinajstić information content (AvgIpc) is 3.09. The minimum Gasteiger partial charge on any atom is -0.333 e. The summed E-state index contributed by atoms with van der Waals surface area (Å²) in [6, 6.07) is 6.28. The van der Waals surface area contributed by atoms with Crippen LogP contribution < -0.4 is 0 Å². The van der Waals surface area contributed by atoms with Crippen LogP contribution in [0, 0.1) is 0 Å². The van der Waals surface area contributed by atoms with E-state index in [1.807, 2.05) is 0 Å². The normalized spacial score (nSPS) is 13.5. The first-order valence-electron chi connectivity index (χ1n) is 7.03. The van der Waals surface area contributed by atoms with E-state index >= 15 is 0 Å². The lowest BCUT2D eigenvalue weighted by atomic mass is 10.1. The summed E-state index contributed by atoms with van der Waals surface area (Å²) in [6.07, 6.45) is 4.35. The van der Waals surface area contributed by atoms with Crippen LogP contribution in [-0.4, -0.2) is 37.4 Å². The molecule has 1 aliphatic rings. The van der Waals surface area contributed by atoms with Crippen molar-refractivity contribution in [2.45, 2.75) is 0 Å². The van der Waals surface area contributed by atoms with Gasteiger partial charge in [-0.15, -0.1) is 0 Å². The van der Waals surface area contributed by atoms with Crippen LogP contribution in [0.3, 0.4) is 0 Å². The van der Waals surface area contributed by atoms with Gasteiger partial charge in [0, 0.05) is 13.2 Å². The van der Waals surface area contributed by atoms with E-state index in [1.165, 1.54) is 30.9 Å². The summed E-state index contributed by atoms with van der Waals surface area (Å²) in [6.45, 7) is 0. The Kier molecular flexibility index (Phi) is 2.92. The van der Waals surface area contributed by atoms with Crippen molar-refractivity contribution in [1.29, 1.82) is 0 Å². The minimum atomic E-state index is -0.855. The third-order valence-electron chi connectivity index (χ3n) is 3.77. The number of hydrogen-bond acceptors (Lipinski definition) is 6. The van der Waals surface area contributed by atoms with E-state index in [0.717, 1.165) is 0 Å². The van der Waals surface area contributed by atoms with E-state index in [2.05, 4.69) is 9.97 Å². The summed E-state index contributed by atoms with van der Waals surface area (Å²) in [5, 5.41) is 0.474. The van der Waals surface area contributed by atoms with Crippen molar-refractivity contribution >= 4 is 28.8 Å². The van der Waals surface area contributed by atoms with Crippen molar-refractivity contribution in [1.82, 2.24) is 19.6 Å². The first-order chi connectivity index (χ1) is 11.6. The highest BCUT2D eigenvalue weighted by Gasteiger charge is 2.39. The van der Waals surface area contributed by atoms with Gasteiger partial charge in [0.05, 0.1) is 29.2 Å². The Bertz CT molecular complexity index is 989. The van der Waals surface area contributed by atoms with Gasteiger partial charge in [-0.1, -0.05) is 17.2 Å². The van der Waals surface area contributed by atoms with Crippen LogP contribution in [0.25, 0.3) is 11.0 Å². The first-order valence-corrected chi connectivity index (χ1v) is 7.03. The van der Waals surface area contributed by atoms with Crippen molar-refractivity contribution in [2.75, 3.05) is 0 Å². The smallest absolute Gasteiger partial charge is 0.333 e. The number of benzene rings is 1. The molecule has 0 unspecified atom stereocenters. The number of imidazole rings is 1. The number of aryl methyl sites for hydroxylation is 1. The van der Waals surface area contributed by atoms with E-state index in [9.17, 15) is 14.4 Å². The molecule has 8 heteroatoms. The third kappa shape index (κ3) is 1.89. The van der Waals surface area contributed by atoms with Crippen LogP contribution in [-0.2, 0) is 11.9 Å². The van der Waals surface area contributed by atoms with Gasteiger partial charge in [-0.25, -0.2) is 9.78 Å².